The molecular weight excluding hydrogens is 328 g/mol. The molecule has 0 amide bonds. The second kappa shape index (κ2) is 5.16. The summed E-state index contributed by atoms with van der Waals surface area (Å²) in [7, 11) is 0. The highest BCUT2D eigenvalue weighted by atomic mass is 79.9. The lowest BCUT2D eigenvalue weighted by atomic mass is 10.2. The summed E-state index contributed by atoms with van der Waals surface area (Å²) in [5, 5.41) is 2.30. The van der Waals surface area contributed by atoms with E-state index in [0.29, 0.717) is 5.69 Å². The number of benzene rings is 1. The van der Waals surface area contributed by atoms with Crippen LogP contribution in [-0.4, -0.2) is 4.98 Å². The number of nitrogens with zero attached hydrogens (tertiary/aromatic N) is 1. The van der Waals surface area contributed by atoms with Crippen molar-refractivity contribution >= 4 is 27.3 Å². The quantitative estimate of drug-likeness (QED) is 0.648. The molecule has 1 aromatic heterocycles. The Balaban J connectivity index is 2.46. The Bertz CT molecular complexity index is 620. The number of hydrogen-bond acceptors (Lipinski definition) is 2. The van der Waals surface area contributed by atoms with Crippen LogP contribution in [0.2, 0.25) is 0 Å². The van der Waals surface area contributed by atoms with E-state index >= 15 is 0 Å². The van der Waals surface area contributed by atoms with E-state index in [4.69, 9.17) is 0 Å². The summed E-state index contributed by atoms with van der Waals surface area (Å²) in [6, 6.07) is 4.72. The fourth-order valence-corrected chi connectivity index (χ4v) is 1.71. The summed E-state index contributed by atoms with van der Waals surface area (Å²) in [4.78, 5) is 2.48. The summed E-state index contributed by atoms with van der Waals surface area (Å²) in [5.74, 6) is -6.54. The van der Waals surface area contributed by atoms with Crippen molar-refractivity contribution in [2.24, 2.45) is 0 Å². The summed E-state index contributed by atoms with van der Waals surface area (Å²) in [5.41, 5.74) is 0.177. The van der Waals surface area contributed by atoms with Gasteiger partial charge in [0.05, 0.1) is 0 Å². The van der Waals surface area contributed by atoms with Crippen LogP contribution in [0, 0.1) is 30.5 Å². The van der Waals surface area contributed by atoms with E-state index in [1.54, 1.807) is 19.1 Å². The molecule has 19 heavy (non-hydrogen) atoms. The first-order valence-corrected chi connectivity index (χ1v) is 5.92. The van der Waals surface area contributed by atoms with Crippen LogP contribution in [0.4, 0.5) is 28.9 Å². The summed E-state index contributed by atoms with van der Waals surface area (Å²) >= 11 is 3.26. The SMILES string of the molecule is Cc1cc(Nc2c(F)c(F)nc(F)c2F)ccc1Br. The Labute approximate surface area is 114 Å². The Morgan fingerprint density at radius 2 is 1.63 bits per heavy atom. The van der Waals surface area contributed by atoms with E-state index in [-0.39, 0.29) is 0 Å². The van der Waals surface area contributed by atoms with Crippen molar-refractivity contribution in [3.05, 3.63) is 51.8 Å². The molecule has 100 valence electrons. The van der Waals surface area contributed by atoms with Crippen molar-refractivity contribution in [1.29, 1.82) is 0 Å². The van der Waals surface area contributed by atoms with E-state index in [2.05, 4.69) is 26.2 Å². The van der Waals surface area contributed by atoms with Gasteiger partial charge in [-0.25, -0.2) is 0 Å². The fraction of sp³-hybridized carbons (Fsp3) is 0.0833. The van der Waals surface area contributed by atoms with Gasteiger partial charge >= 0.3 is 0 Å². The standard InChI is InChI=1S/C12H7BrF4N2/c1-5-4-6(2-3-7(5)13)18-10-8(14)11(16)19-12(17)9(10)15/h2-4H,1H3,(H,18,19). The van der Waals surface area contributed by atoms with Crippen molar-refractivity contribution in [1.82, 2.24) is 4.98 Å². The molecular formula is C12H7BrF4N2. The average molecular weight is 335 g/mol. The van der Waals surface area contributed by atoms with Gasteiger partial charge in [-0.1, -0.05) is 15.9 Å². The minimum absolute atomic E-state index is 0.295. The molecule has 0 atom stereocenters. The van der Waals surface area contributed by atoms with Gasteiger partial charge < -0.3 is 5.32 Å². The molecule has 0 aliphatic heterocycles. The molecule has 0 aliphatic rings. The summed E-state index contributed by atoms with van der Waals surface area (Å²) in [6.07, 6.45) is 0. The molecule has 2 aromatic rings. The monoisotopic (exact) mass is 334 g/mol. The maximum atomic E-state index is 13.4. The van der Waals surface area contributed by atoms with E-state index < -0.39 is 29.2 Å². The van der Waals surface area contributed by atoms with Gasteiger partial charge in [0.25, 0.3) is 11.9 Å². The molecule has 0 saturated heterocycles. The van der Waals surface area contributed by atoms with Crippen LogP contribution in [-0.2, 0) is 0 Å². The number of pyridine rings is 1. The van der Waals surface area contributed by atoms with Gasteiger partial charge in [-0.2, -0.15) is 22.5 Å². The molecule has 0 saturated carbocycles. The molecule has 2 nitrogen and oxygen atoms in total. The van der Waals surface area contributed by atoms with Crippen molar-refractivity contribution in [2.45, 2.75) is 6.92 Å². The number of halogens is 5. The van der Waals surface area contributed by atoms with E-state index in [0.717, 1.165) is 10.0 Å². The molecule has 2 rings (SSSR count). The zero-order valence-corrected chi connectivity index (χ0v) is 11.2. The number of nitrogens with one attached hydrogen (secondary N) is 1. The molecule has 0 spiro atoms. The van der Waals surface area contributed by atoms with Gasteiger partial charge in [-0.15, -0.1) is 0 Å². The minimum atomic E-state index is -1.70. The first-order chi connectivity index (χ1) is 8.90. The topological polar surface area (TPSA) is 24.9 Å². The normalized spacial score (nSPS) is 10.6. The van der Waals surface area contributed by atoms with Gasteiger partial charge in [0, 0.05) is 10.2 Å². The first kappa shape index (κ1) is 13.8. The molecule has 7 heteroatoms. The number of hydrogen-bond donors (Lipinski definition) is 1. The second-order valence-corrected chi connectivity index (χ2v) is 4.64. The smallest absolute Gasteiger partial charge is 0.253 e. The van der Waals surface area contributed by atoms with Crippen molar-refractivity contribution in [2.75, 3.05) is 5.32 Å². The molecule has 0 bridgehead atoms. The van der Waals surface area contributed by atoms with Crippen LogP contribution in [0.1, 0.15) is 5.56 Å². The predicted octanol–water partition coefficient (Wildman–Crippen LogP) is 4.45. The molecule has 1 heterocycles. The maximum Gasteiger partial charge on any atom is 0.253 e. The maximum absolute atomic E-state index is 13.4. The van der Waals surface area contributed by atoms with E-state index in [1.165, 1.54) is 6.07 Å². The van der Waals surface area contributed by atoms with Crippen molar-refractivity contribution < 1.29 is 17.6 Å². The molecule has 0 unspecified atom stereocenters. The summed E-state index contributed by atoms with van der Waals surface area (Å²) < 4.78 is 53.4. The lowest BCUT2D eigenvalue weighted by Gasteiger charge is -2.10. The molecule has 0 radical (unpaired) electrons. The van der Waals surface area contributed by atoms with Gasteiger partial charge in [0.15, 0.2) is 0 Å². The molecule has 1 aromatic carbocycles. The predicted molar refractivity (Wildman–Crippen MR) is 66.2 cm³/mol. The summed E-state index contributed by atoms with van der Waals surface area (Å²) in [6.45, 7) is 1.76. The third kappa shape index (κ3) is 2.70. The van der Waals surface area contributed by atoms with Crippen molar-refractivity contribution in [3.8, 4) is 0 Å². The van der Waals surface area contributed by atoms with Crippen LogP contribution in [0.3, 0.4) is 0 Å². The highest BCUT2D eigenvalue weighted by Gasteiger charge is 2.20. The largest absolute Gasteiger partial charge is 0.350 e. The fourth-order valence-electron chi connectivity index (χ4n) is 1.46. The first-order valence-electron chi connectivity index (χ1n) is 5.13. The second-order valence-electron chi connectivity index (χ2n) is 3.79. The Morgan fingerprint density at radius 1 is 1.05 bits per heavy atom. The van der Waals surface area contributed by atoms with Crippen LogP contribution in [0.15, 0.2) is 22.7 Å². The Morgan fingerprint density at radius 3 is 2.16 bits per heavy atom. The number of aryl methyl sites for hydroxylation is 1. The highest BCUT2D eigenvalue weighted by molar-refractivity contribution is 9.10. The van der Waals surface area contributed by atoms with Gasteiger partial charge in [0.1, 0.15) is 5.69 Å². The van der Waals surface area contributed by atoms with Gasteiger partial charge in [-0.05, 0) is 30.7 Å². The van der Waals surface area contributed by atoms with Gasteiger partial charge in [-0.3, -0.25) is 0 Å². The molecule has 1 N–H and O–H groups in total. The van der Waals surface area contributed by atoms with Crippen LogP contribution >= 0.6 is 15.9 Å². The molecule has 0 fully saturated rings. The van der Waals surface area contributed by atoms with Crippen molar-refractivity contribution in [3.63, 3.8) is 0 Å². The lowest BCUT2D eigenvalue weighted by Crippen LogP contribution is -2.06. The van der Waals surface area contributed by atoms with Gasteiger partial charge in [0.2, 0.25) is 11.6 Å². The van der Waals surface area contributed by atoms with E-state index in [9.17, 15) is 17.6 Å². The highest BCUT2D eigenvalue weighted by Crippen LogP contribution is 2.27. The lowest BCUT2D eigenvalue weighted by molar-refractivity contribution is 0.411. The Hall–Kier alpha value is -1.63. The zero-order chi connectivity index (χ0) is 14.2. The Kier molecular flexibility index (Phi) is 3.75. The zero-order valence-electron chi connectivity index (χ0n) is 9.57. The molecule has 0 aliphatic carbocycles. The number of rotatable bonds is 2. The number of aromatic nitrogens is 1. The average Bonchev–Trinajstić information content (AvgIpc) is 2.36. The third-order valence-corrected chi connectivity index (χ3v) is 3.31. The van der Waals surface area contributed by atoms with Crippen LogP contribution < -0.4 is 5.32 Å². The number of anilines is 2. The van der Waals surface area contributed by atoms with E-state index in [1.807, 2.05) is 0 Å². The minimum Gasteiger partial charge on any atom is -0.350 e. The third-order valence-electron chi connectivity index (χ3n) is 2.42. The van der Waals surface area contributed by atoms with Crippen LogP contribution in [0.5, 0.6) is 0 Å². The van der Waals surface area contributed by atoms with Crippen LogP contribution in [0.25, 0.3) is 0 Å².